The van der Waals surface area contributed by atoms with Crippen molar-refractivity contribution < 1.29 is 4.39 Å². The number of hydrogen-bond acceptors (Lipinski definition) is 3. The zero-order valence-corrected chi connectivity index (χ0v) is 10.8. The summed E-state index contributed by atoms with van der Waals surface area (Å²) in [5, 5.41) is 0. The van der Waals surface area contributed by atoms with E-state index in [4.69, 9.17) is 5.73 Å². The second-order valence-corrected chi connectivity index (χ2v) is 5.27. The molecule has 0 bridgehead atoms. The van der Waals surface area contributed by atoms with Crippen LogP contribution in [0.25, 0.3) is 11.0 Å². The van der Waals surface area contributed by atoms with Crippen LogP contribution < -0.4 is 5.73 Å². The number of nitrogen functional groups attached to an aromatic ring is 1. The van der Waals surface area contributed by atoms with Gasteiger partial charge in [-0.1, -0.05) is 13.0 Å². The Morgan fingerprint density at radius 2 is 2.29 bits per heavy atom. The second-order valence-electron chi connectivity index (χ2n) is 3.96. The van der Waals surface area contributed by atoms with E-state index in [1.165, 1.54) is 6.07 Å². The first-order valence-corrected chi connectivity index (χ1v) is 6.80. The van der Waals surface area contributed by atoms with Crippen LogP contribution >= 0.6 is 11.8 Å². The monoisotopic (exact) mass is 253 g/mol. The van der Waals surface area contributed by atoms with Crippen LogP contribution in [0.1, 0.15) is 19.9 Å². The number of halogens is 1. The zero-order valence-electron chi connectivity index (χ0n) is 9.98. The number of fused-ring (bicyclic) bond motifs is 1. The summed E-state index contributed by atoms with van der Waals surface area (Å²) in [5.41, 5.74) is 7.00. The van der Waals surface area contributed by atoms with Crippen molar-refractivity contribution in [3.8, 4) is 0 Å². The minimum atomic E-state index is -0.316. The summed E-state index contributed by atoms with van der Waals surface area (Å²) in [6.45, 7) is 4.19. The molecule has 1 aromatic heterocycles. The molecule has 1 atom stereocenters. The van der Waals surface area contributed by atoms with Gasteiger partial charge >= 0.3 is 0 Å². The summed E-state index contributed by atoms with van der Waals surface area (Å²) in [4.78, 5) is 4.10. The van der Waals surface area contributed by atoms with E-state index >= 15 is 0 Å². The lowest BCUT2D eigenvalue weighted by atomic mass is 10.3. The Morgan fingerprint density at radius 1 is 1.53 bits per heavy atom. The van der Waals surface area contributed by atoms with Gasteiger partial charge in [-0.25, -0.2) is 9.37 Å². The van der Waals surface area contributed by atoms with Crippen LogP contribution in [0, 0.1) is 5.82 Å². The summed E-state index contributed by atoms with van der Waals surface area (Å²) < 4.78 is 15.5. The first kappa shape index (κ1) is 12.2. The topological polar surface area (TPSA) is 43.8 Å². The molecule has 5 heteroatoms. The third-order valence-corrected chi connectivity index (χ3v) is 3.83. The molecule has 2 aromatic rings. The molecule has 3 nitrogen and oxygen atoms in total. The predicted octanol–water partition coefficient (Wildman–Crippen LogP) is 3.07. The lowest BCUT2D eigenvalue weighted by molar-refractivity contribution is 0.632. The minimum absolute atomic E-state index is 0.215. The molecule has 1 aromatic carbocycles. The highest BCUT2D eigenvalue weighted by atomic mass is 32.2. The second kappa shape index (κ2) is 4.96. The third-order valence-electron chi connectivity index (χ3n) is 2.70. The third kappa shape index (κ3) is 2.24. The highest BCUT2D eigenvalue weighted by Crippen LogP contribution is 2.26. The van der Waals surface area contributed by atoms with Crippen molar-refractivity contribution in [1.29, 1.82) is 0 Å². The number of imidazole rings is 1. The molecule has 0 spiro atoms. The van der Waals surface area contributed by atoms with Gasteiger partial charge in [0.25, 0.3) is 0 Å². The van der Waals surface area contributed by atoms with Crippen molar-refractivity contribution in [3.63, 3.8) is 0 Å². The van der Waals surface area contributed by atoms with Crippen molar-refractivity contribution in [3.05, 3.63) is 24.0 Å². The van der Waals surface area contributed by atoms with Crippen LogP contribution in [-0.2, 0) is 0 Å². The number of benzene rings is 1. The molecule has 1 unspecified atom stereocenters. The maximum Gasteiger partial charge on any atom is 0.201 e. The molecule has 0 amide bonds. The maximum absolute atomic E-state index is 13.6. The van der Waals surface area contributed by atoms with E-state index in [0.717, 1.165) is 17.0 Å². The Labute approximate surface area is 104 Å². The van der Waals surface area contributed by atoms with Gasteiger partial charge in [0.05, 0.1) is 5.52 Å². The van der Waals surface area contributed by atoms with Crippen molar-refractivity contribution in [1.82, 2.24) is 9.55 Å². The van der Waals surface area contributed by atoms with Gasteiger partial charge in [-0.3, -0.25) is 0 Å². The van der Waals surface area contributed by atoms with Crippen LogP contribution in [0.15, 0.2) is 18.2 Å². The van der Waals surface area contributed by atoms with Gasteiger partial charge in [-0.15, -0.1) is 0 Å². The summed E-state index contributed by atoms with van der Waals surface area (Å²) in [5.74, 6) is 2.08. The Morgan fingerprint density at radius 3 is 3.00 bits per heavy atom. The Bertz CT molecular complexity index is 524. The summed E-state index contributed by atoms with van der Waals surface area (Å²) in [7, 11) is 0. The van der Waals surface area contributed by atoms with E-state index in [0.29, 0.717) is 11.5 Å². The average Bonchev–Trinajstić information content (AvgIpc) is 2.64. The number of anilines is 1. The van der Waals surface area contributed by atoms with Gasteiger partial charge in [-0.05, 0) is 24.8 Å². The number of rotatable bonds is 4. The fourth-order valence-corrected chi connectivity index (χ4v) is 2.65. The van der Waals surface area contributed by atoms with Crippen LogP contribution in [0.3, 0.4) is 0 Å². The number of nitrogens with two attached hydrogens (primary N) is 1. The number of hydrogen-bond donors (Lipinski definition) is 1. The number of thioether (sulfide) groups is 1. The fraction of sp³-hybridized carbons (Fsp3) is 0.417. The van der Waals surface area contributed by atoms with Crippen molar-refractivity contribution >= 4 is 28.7 Å². The van der Waals surface area contributed by atoms with Gasteiger partial charge in [0, 0.05) is 11.8 Å². The molecule has 0 aliphatic carbocycles. The zero-order chi connectivity index (χ0) is 12.4. The molecule has 1 heterocycles. The van der Waals surface area contributed by atoms with Crippen LogP contribution in [0.2, 0.25) is 0 Å². The van der Waals surface area contributed by atoms with Gasteiger partial charge in [0.2, 0.25) is 5.95 Å². The molecule has 0 saturated heterocycles. The fourth-order valence-electron chi connectivity index (χ4n) is 1.93. The smallest absolute Gasteiger partial charge is 0.201 e. The average molecular weight is 253 g/mol. The number of aromatic nitrogens is 2. The number of para-hydroxylation sites is 1. The van der Waals surface area contributed by atoms with Gasteiger partial charge < -0.3 is 10.3 Å². The van der Waals surface area contributed by atoms with E-state index in [1.807, 2.05) is 22.4 Å². The first-order chi connectivity index (χ1) is 8.15. The molecule has 0 aliphatic heterocycles. The van der Waals surface area contributed by atoms with E-state index in [1.54, 1.807) is 6.07 Å². The lowest BCUT2D eigenvalue weighted by Crippen LogP contribution is -2.11. The first-order valence-electron chi connectivity index (χ1n) is 5.64. The molecule has 0 aliphatic rings. The molecule has 2 rings (SSSR count). The van der Waals surface area contributed by atoms with E-state index < -0.39 is 0 Å². The van der Waals surface area contributed by atoms with Crippen molar-refractivity contribution in [2.45, 2.75) is 19.9 Å². The minimum Gasteiger partial charge on any atom is -0.369 e. The van der Waals surface area contributed by atoms with Crippen LogP contribution in [0.5, 0.6) is 0 Å². The van der Waals surface area contributed by atoms with Gasteiger partial charge in [0.1, 0.15) is 5.52 Å². The largest absolute Gasteiger partial charge is 0.369 e. The Hall–Kier alpha value is -1.23. The maximum atomic E-state index is 13.6. The highest BCUT2D eigenvalue weighted by Gasteiger charge is 2.15. The predicted molar refractivity (Wildman–Crippen MR) is 71.8 cm³/mol. The van der Waals surface area contributed by atoms with Crippen LogP contribution in [-0.4, -0.2) is 21.1 Å². The van der Waals surface area contributed by atoms with Crippen LogP contribution in [0.4, 0.5) is 10.3 Å². The lowest BCUT2D eigenvalue weighted by Gasteiger charge is -2.15. The summed E-state index contributed by atoms with van der Waals surface area (Å²) in [6, 6.07) is 5.17. The Balaban J connectivity index is 2.46. The molecule has 0 fully saturated rings. The molecule has 0 radical (unpaired) electrons. The van der Waals surface area contributed by atoms with E-state index in [9.17, 15) is 4.39 Å². The molecule has 92 valence electrons. The highest BCUT2D eigenvalue weighted by molar-refractivity contribution is 7.99. The van der Waals surface area contributed by atoms with Gasteiger partial charge in [0.15, 0.2) is 5.82 Å². The molecule has 17 heavy (non-hydrogen) atoms. The van der Waals surface area contributed by atoms with Crippen molar-refractivity contribution in [2.24, 2.45) is 0 Å². The van der Waals surface area contributed by atoms with Crippen molar-refractivity contribution in [2.75, 3.05) is 17.2 Å². The quantitative estimate of drug-likeness (QED) is 0.910. The van der Waals surface area contributed by atoms with E-state index in [-0.39, 0.29) is 11.9 Å². The normalized spacial score (nSPS) is 13.1. The Kier molecular flexibility index (Phi) is 3.57. The molecular weight excluding hydrogens is 237 g/mol. The SMILES string of the molecule is CCSCC(C)n1c(N)nc2c(F)cccc21. The molecule has 0 saturated carbocycles. The van der Waals surface area contributed by atoms with E-state index in [2.05, 4.69) is 18.8 Å². The molecule has 2 N–H and O–H groups in total. The molecular formula is C12H16FN3S. The standard InChI is InChI=1S/C12H16FN3S/c1-3-17-7-8(2)16-10-6-4-5-9(13)11(10)15-12(16)14/h4-6,8H,3,7H2,1-2H3,(H2,14,15). The summed E-state index contributed by atoms with van der Waals surface area (Å²) >= 11 is 1.84. The van der Waals surface area contributed by atoms with Gasteiger partial charge in [-0.2, -0.15) is 11.8 Å². The summed E-state index contributed by atoms with van der Waals surface area (Å²) in [6.07, 6.45) is 0. The number of nitrogens with zero attached hydrogens (tertiary/aromatic N) is 2.